The Morgan fingerprint density at radius 1 is 1.47 bits per heavy atom. The Hall–Kier alpha value is -0.610. The first-order chi connectivity index (χ1) is 6.81. The first-order valence-corrected chi connectivity index (χ1v) is 5.46. The molecule has 0 amide bonds. The van der Waals surface area contributed by atoms with Gasteiger partial charge in [0.2, 0.25) is 0 Å². The van der Waals surface area contributed by atoms with Crippen molar-refractivity contribution in [3.05, 3.63) is 0 Å². The SMILES string of the molecule is CC(C)(C)CN1CCCC(O)C1C(=O)O. The second kappa shape index (κ2) is 4.49. The van der Waals surface area contributed by atoms with Crippen LogP contribution in [0.4, 0.5) is 0 Å². The zero-order chi connectivity index (χ0) is 11.6. The lowest BCUT2D eigenvalue weighted by Gasteiger charge is -2.39. The van der Waals surface area contributed by atoms with Crippen molar-refractivity contribution in [1.82, 2.24) is 4.90 Å². The van der Waals surface area contributed by atoms with Crippen molar-refractivity contribution >= 4 is 5.97 Å². The molecular formula is C11H21NO3. The summed E-state index contributed by atoms with van der Waals surface area (Å²) < 4.78 is 0. The molecule has 0 radical (unpaired) electrons. The summed E-state index contributed by atoms with van der Waals surface area (Å²) in [6.45, 7) is 7.71. The second-order valence-electron chi connectivity index (χ2n) is 5.52. The summed E-state index contributed by atoms with van der Waals surface area (Å²) in [5.41, 5.74) is 0.0603. The van der Waals surface area contributed by atoms with Gasteiger partial charge in [0.15, 0.2) is 0 Å². The van der Waals surface area contributed by atoms with Crippen LogP contribution in [0.15, 0.2) is 0 Å². The van der Waals surface area contributed by atoms with Gasteiger partial charge in [0.1, 0.15) is 6.04 Å². The summed E-state index contributed by atoms with van der Waals surface area (Å²) in [6.07, 6.45) is 0.747. The van der Waals surface area contributed by atoms with Crippen LogP contribution in [-0.4, -0.2) is 46.3 Å². The highest BCUT2D eigenvalue weighted by Gasteiger charge is 2.37. The second-order valence-corrected chi connectivity index (χ2v) is 5.52. The van der Waals surface area contributed by atoms with Crippen molar-refractivity contribution in [3.63, 3.8) is 0 Å². The van der Waals surface area contributed by atoms with Crippen molar-refractivity contribution in [2.24, 2.45) is 5.41 Å². The topological polar surface area (TPSA) is 60.8 Å². The predicted octanol–water partition coefficient (Wildman–Crippen LogP) is 0.942. The Bertz CT molecular complexity index is 234. The summed E-state index contributed by atoms with van der Waals surface area (Å²) in [5.74, 6) is -0.911. The Labute approximate surface area is 90.9 Å². The standard InChI is InChI=1S/C11H21NO3/c1-11(2,3)7-12-6-4-5-8(13)9(12)10(14)15/h8-9,13H,4-7H2,1-3H3,(H,14,15). The molecule has 0 aromatic heterocycles. The van der Waals surface area contributed by atoms with Gasteiger partial charge in [-0.2, -0.15) is 0 Å². The minimum Gasteiger partial charge on any atom is -0.480 e. The largest absolute Gasteiger partial charge is 0.480 e. The van der Waals surface area contributed by atoms with Crippen molar-refractivity contribution in [1.29, 1.82) is 0 Å². The fourth-order valence-electron chi connectivity index (χ4n) is 2.15. The van der Waals surface area contributed by atoms with Crippen LogP contribution < -0.4 is 0 Å². The number of hydrogen-bond donors (Lipinski definition) is 2. The Balaban J connectivity index is 2.71. The fraction of sp³-hybridized carbons (Fsp3) is 0.909. The molecule has 88 valence electrons. The van der Waals surface area contributed by atoms with Crippen molar-refractivity contribution in [2.75, 3.05) is 13.1 Å². The Morgan fingerprint density at radius 2 is 2.07 bits per heavy atom. The molecule has 0 aromatic carbocycles. The van der Waals surface area contributed by atoms with E-state index in [9.17, 15) is 9.90 Å². The van der Waals surface area contributed by atoms with Crippen LogP contribution in [-0.2, 0) is 4.79 Å². The highest BCUT2D eigenvalue weighted by atomic mass is 16.4. The molecule has 1 heterocycles. The third kappa shape index (κ3) is 3.47. The van der Waals surface area contributed by atoms with E-state index in [-0.39, 0.29) is 5.41 Å². The molecule has 2 unspecified atom stereocenters. The molecule has 0 saturated carbocycles. The molecule has 0 spiro atoms. The number of rotatable bonds is 2. The normalized spacial score (nSPS) is 29.1. The molecule has 2 atom stereocenters. The maximum atomic E-state index is 11.1. The van der Waals surface area contributed by atoms with E-state index in [1.54, 1.807) is 0 Å². The van der Waals surface area contributed by atoms with Crippen LogP contribution in [0.25, 0.3) is 0 Å². The van der Waals surface area contributed by atoms with Crippen LogP contribution in [0.2, 0.25) is 0 Å². The van der Waals surface area contributed by atoms with Gasteiger partial charge < -0.3 is 10.2 Å². The van der Waals surface area contributed by atoms with Crippen molar-refractivity contribution in [3.8, 4) is 0 Å². The first-order valence-electron chi connectivity index (χ1n) is 5.46. The molecule has 15 heavy (non-hydrogen) atoms. The number of likely N-dealkylation sites (tertiary alicyclic amines) is 1. The van der Waals surface area contributed by atoms with E-state index in [1.807, 2.05) is 4.90 Å². The highest BCUT2D eigenvalue weighted by molar-refractivity contribution is 5.74. The number of carboxylic acid groups (broad SMARTS) is 1. The lowest BCUT2D eigenvalue weighted by atomic mass is 9.91. The van der Waals surface area contributed by atoms with Crippen LogP contribution in [0.3, 0.4) is 0 Å². The molecule has 0 aliphatic carbocycles. The zero-order valence-electron chi connectivity index (χ0n) is 9.73. The number of aliphatic carboxylic acids is 1. The van der Waals surface area contributed by atoms with E-state index in [1.165, 1.54) is 0 Å². The minimum atomic E-state index is -0.911. The van der Waals surface area contributed by atoms with Gasteiger partial charge in [-0.15, -0.1) is 0 Å². The Morgan fingerprint density at radius 3 is 2.53 bits per heavy atom. The average Bonchev–Trinajstić information content (AvgIpc) is 1.99. The number of aliphatic hydroxyl groups excluding tert-OH is 1. The van der Waals surface area contributed by atoms with Gasteiger partial charge in [0, 0.05) is 6.54 Å². The smallest absolute Gasteiger partial charge is 0.323 e. The number of carboxylic acids is 1. The number of piperidine rings is 1. The van der Waals surface area contributed by atoms with Crippen LogP contribution in [0, 0.1) is 5.41 Å². The van der Waals surface area contributed by atoms with E-state index in [0.29, 0.717) is 13.0 Å². The number of nitrogens with zero attached hydrogens (tertiary/aromatic N) is 1. The highest BCUT2D eigenvalue weighted by Crippen LogP contribution is 2.23. The van der Waals surface area contributed by atoms with E-state index in [2.05, 4.69) is 20.8 Å². The lowest BCUT2D eigenvalue weighted by molar-refractivity contribution is -0.151. The van der Waals surface area contributed by atoms with Gasteiger partial charge >= 0.3 is 5.97 Å². The maximum absolute atomic E-state index is 11.1. The van der Waals surface area contributed by atoms with Crippen LogP contribution >= 0.6 is 0 Å². The van der Waals surface area contributed by atoms with E-state index in [0.717, 1.165) is 13.0 Å². The molecule has 1 saturated heterocycles. The zero-order valence-corrected chi connectivity index (χ0v) is 9.73. The van der Waals surface area contributed by atoms with Gasteiger partial charge in [0.25, 0.3) is 0 Å². The summed E-state index contributed by atoms with van der Waals surface area (Å²) in [5, 5.41) is 18.8. The third-order valence-corrected chi connectivity index (χ3v) is 2.63. The minimum absolute atomic E-state index is 0.0603. The monoisotopic (exact) mass is 215 g/mol. The van der Waals surface area contributed by atoms with E-state index in [4.69, 9.17) is 5.11 Å². The van der Waals surface area contributed by atoms with Gasteiger partial charge in [-0.3, -0.25) is 9.69 Å². The molecule has 0 aromatic rings. The molecular weight excluding hydrogens is 194 g/mol. The maximum Gasteiger partial charge on any atom is 0.323 e. The summed E-state index contributed by atoms with van der Waals surface area (Å²) >= 11 is 0. The quantitative estimate of drug-likeness (QED) is 0.719. The van der Waals surface area contributed by atoms with Crippen molar-refractivity contribution < 1.29 is 15.0 Å². The predicted molar refractivity (Wildman–Crippen MR) is 57.7 cm³/mol. The molecule has 0 bridgehead atoms. The Kier molecular flexibility index (Phi) is 3.73. The molecule has 1 aliphatic heterocycles. The molecule has 1 aliphatic rings. The van der Waals surface area contributed by atoms with E-state index >= 15 is 0 Å². The van der Waals surface area contributed by atoms with Gasteiger partial charge in [-0.1, -0.05) is 20.8 Å². The molecule has 4 heteroatoms. The average molecular weight is 215 g/mol. The molecule has 1 rings (SSSR count). The van der Waals surface area contributed by atoms with Gasteiger partial charge in [-0.05, 0) is 24.8 Å². The third-order valence-electron chi connectivity index (χ3n) is 2.63. The number of hydrogen-bond acceptors (Lipinski definition) is 3. The number of carbonyl (C=O) groups is 1. The molecule has 1 fully saturated rings. The van der Waals surface area contributed by atoms with E-state index < -0.39 is 18.1 Å². The van der Waals surface area contributed by atoms with Gasteiger partial charge in [0.05, 0.1) is 6.10 Å². The fourth-order valence-corrected chi connectivity index (χ4v) is 2.15. The summed E-state index contributed by atoms with van der Waals surface area (Å²) in [7, 11) is 0. The van der Waals surface area contributed by atoms with Gasteiger partial charge in [-0.25, -0.2) is 0 Å². The molecule has 4 nitrogen and oxygen atoms in total. The lowest BCUT2D eigenvalue weighted by Crippen LogP contribution is -2.54. The summed E-state index contributed by atoms with van der Waals surface area (Å²) in [6, 6.07) is -0.724. The van der Waals surface area contributed by atoms with Crippen LogP contribution in [0.5, 0.6) is 0 Å². The van der Waals surface area contributed by atoms with Crippen LogP contribution in [0.1, 0.15) is 33.6 Å². The summed E-state index contributed by atoms with van der Waals surface area (Å²) in [4.78, 5) is 12.9. The van der Waals surface area contributed by atoms with Crippen molar-refractivity contribution in [2.45, 2.75) is 45.8 Å². The number of aliphatic hydroxyl groups is 1. The first kappa shape index (κ1) is 12.5. The molecule has 2 N–H and O–H groups in total.